The van der Waals surface area contributed by atoms with Gasteiger partial charge >= 0.3 is 6.18 Å². The largest absolute Gasteiger partial charge is 0.434 e. The van der Waals surface area contributed by atoms with Crippen molar-refractivity contribution in [2.75, 3.05) is 6.61 Å². The van der Waals surface area contributed by atoms with Crippen molar-refractivity contribution in [1.82, 2.24) is 10.3 Å². The molecule has 0 aliphatic heterocycles. The standard InChI is InChI=1S/C14H21F3N2OS/c1-4-13(3,20-5-2)12-19-11(14(15,16)17)10(21-12)8-18-9-6-7-9/h9,18H,4-8H2,1-3H3. The molecule has 0 spiro atoms. The number of rotatable bonds is 7. The summed E-state index contributed by atoms with van der Waals surface area (Å²) in [6.07, 6.45) is -1.76. The Kier molecular flexibility index (Phi) is 4.95. The van der Waals surface area contributed by atoms with Crippen LogP contribution in [0.4, 0.5) is 13.2 Å². The quantitative estimate of drug-likeness (QED) is 0.821. The summed E-state index contributed by atoms with van der Waals surface area (Å²) in [6.45, 7) is 6.20. The van der Waals surface area contributed by atoms with Crippen molar-refractivity contribution in [1.29, 1.82) is 0 Å². The van der Waals surface area contributed by atoms with Crippen molar-refractivity contribution in [2.45, 2.75) is 64.4 Å². The molecule has 0 aromatic carbocycles. The van der Waals surface area contributed by atoms with Crippen LogP contribution in [-0.4, -0.2) is 17.6 Å². The summed E-state index contributed by atoms with van der Waals surface area (Å²) in [7, 11) is 0. The van der Waals surface area contributed by atoms with Gasteiger partial charge in [0.15, 0.2) is 5.69 Å². The molecule has 1 fully saturated rings. The van der Waals surface area contributed by atoms with Gasteiger partial charge in [0.25, 0.3) is 0 Å². The lowest BCUT2D eigenvalue weighted by Crippen LogP contribution is -2.25. The van der Waals surface area contributed by atoms with Crippen molar-refractivity contribution >= 4 is 11.3 Å². The van der Waals surface area contributed by atoms with Crippen molar-refractivity contribution in [3.8, 4) is 0 Å². The molecule has 1 aromatic heterocycles. The SMILES string of the molecule is CCOC(C)(CC)c1nc(C(F)(F)F)c(CNC2CC2)s1. The van der Waals surface area contributed by atoms with E-state index in [1.165, 1.54) is 0 Å². The smallest absolute Gasteiger partial charge is 0.368 e. The van der Waals surface area contributed by atoms with Gasteiger partial charge in [0, 0.05) is 19.2 Å². The van der Waals surface area contributed by atoms with Crippen LogP contribution >= 0.6 is 11.3 Å². The molecule has 1 aliphatic rings. The second-order valence-corrected chi connectivity index (χ2v) is 6.54. The number of nitrogens with one attached hydrogen (secondary N) is 1. The van der Waals surface area contributed by atoms with E-state index in [1.807, 2.05) is 13.8 Å². The number of aromatic nitrogens is 1. The van der Waals surface area contributed by atoms with Crippen molar-refractivity contribution in [3.05, 3.63) is 15.6 Å². The van der Waals surface area contributed by atoms with E-state index in [-0.39, 0.29) is 11.4 Å². The molecule has 3 nitrogen and oxygen atoms in total. The second kappa shape index (κ2) is 6.22. The number of halogens is 3. The number of hydrogen-bond donors (Lipinski definition) is 1. The highest BCUT2D eigenvalue weighted by atomic mass is 32.1. The molecular formula is C14H21F3N2OS. The lowest BCUT2D eigenvalue weighted by Gasteiger charge is -2.25. The van der Waals surface area contributed by atoms with E-state index in [0.717, 1.165) is 24.2 Å². The van der Waals surface area contributed by atoms with E-state index in [0.29, 0.717) is 24.1 Å². The van der Waals surface area contributed by atoms with Gasteiger partial charge in [-0.2, -0.15) is 13.2 Å². The van der Waals surface area contributed by atoms with Gasteiger partial charge in [-0.1, -0.05) is 6.92 Å². The van der Waals surface area contributed by atoms with E-state index in [1.54, 1.807) is 6.92 Å². The predicted molar refractivity (Wildman–Crippen MR) is 76.2 cm³/mol. The number of thiazole rings is 1. The third kappa shape index (κ3) is 3.96. The molecule has 7 heteroatoms. The van der Waals surface area contributed by atoms with Crippen LogP contribution in [0.3, 0.4) is 0 Å². The van der Waals surface area contributed by atoms with Crippen molar-refractivity contribution in [2.24, 2.45) is 0 Å². The summed E-state index contributed by atoms with van der Waals surface area (Å²) in [5.41, 5.74) is -1.52. The molecule has 0 radical (unpaired) electrons. The number of ether oxygens (including phenoxy) is 1. The molecule has 2 rings (SSSR count). The van der Waals surface area contributed by atoms with Gasteiger partial charge in [0.1, 0.15) is 10.6 Å². The van der Waals surface area contributed by atoms with Gasteiger partial charge in [-0.05, 0) is 33.1 Å². The Morgan fingerprint density at radius 2 is 2.00 bits per heavy atom. The number of hydrogen-bond acceptors (Lipinski definition) is 4. The van der Waals surface area contributed by atoms with Crippen LogP contribution in [0.25, 0.3) is 0 Å². The number of alkyl halides is 3. The van der Waals surface area contributed by atoms with Crippen molar-refractivity contribution in [3.63, 3.8) is 0 Å². The van der Waals surface area contributed by atoms with Crippen LogP contribution in [0.15, 0.2) is 0 Å². The van der Waals surface area contributed by atoms with Crippen molar-refractivity contribution < 1.29 is 17.9 Å². The van der Waals surface area contributed by atoms with Gasteiger partial charge < -0.3 is 10.1 Å². The Balaban J connectivity index is 2.29. The highest BCUT2D eigenvalue weighted by Gasteiger charge is 2.40. The maximum atomic E-state index is 13.2. The zero-order valence-electron chi connectivity index (χ0n) is 12.5. The minimum atomic E-state index is -4.42. The maximum Gasteiger partial charge on any atom is 0.434 e. The molecule has 21 heavy (non-hydrogen) atoms. The Labute approximate surface area is 126 Å². The van der Waals surface area contributed by atoms with Gasteiger partial charge in [-0.3, -0.25) is 0 Å². The zero-order chi connectivity index (χ0) is 15.7. The first kappa shape index (κ1) is 16.7. The van der Waals surface area contributed by atoms with Crippen LogP contribution in [-0.2, 0) is 23.1 Å². The molecule has 0 saturated heterocycles. The molecule has 1 aliphatic carbocycles. The highest BCUT2D eigenvalue weighted by molar-refractivity contribution is 7.11. The molecule has 0 amide bonds. The Bertz CT molecular complexity index is 485. The summed E-state index contributed by atoms with van der Waals surface area (Å²) < 4.78 is 45.1. The first-order valence-electron chi connectivity index (χ1n) is 7.25. The summed E-state index contributed by atoms with van der Waals surface area (Å²) in [4.78, 5) is 4.12. The van der Waals surface area contributed by atoms with Crippen LogP contribution in [0.1, 0.15) is 55.6 Å². The molecule has 1 unspecified atom stereocenters. The first-order chi connectivity index (χ1) is 9.80. The lowest BCUT2D eigenvalue weighted by atomic mass is 10.0. The Hall–Kier alpha value is -0.660. The monoisotopic (exact) mass is 322 g/mol. The number of nitrogens with zero attached hydrogens (tertiary/aromatic N) is 1. The Morgan fingerprint density at radius 3 is 2.48 bits per heavy atom. The van der Waals surface area contributed by atoms with Gasteiger partial charge in [-0.15, -0.1) is 11.3 Å². The average Bonchev–Trinajstić information content (AvgIpc) is 3.12. The maximum absolute atomic E-state index is 13.2. The van der Waals surface area contributed by atoms with E-state index in [4.69, 9.17) is 4.74 Å². The molecular weight excluding hydrogens is 301 g/mol. The fourth-order valence-electron chi connectivity index (χ4n) is 2.08. The van der Waals surface area contributed by atoms with Crippen LogP contribution in [0.5, 0.6) is 0 Å². The van der Waals surface area contributed by atoms with Crippen LogP contribution < -0.4 is 5.32 Å². The second-order valence-electron chi connectivity index (χ2n) is 5.46. The molecule has 120 valence electrons. The van der Waals surface area contributed by atoms with Gasteiger partial charge in [-0.25, -0.2) is 4.98 Å². The van der Waals surface area contributed by atoms with E-state index >= 15 is 0 Å². The highest BCUT2D eigenvalue weighted by Crippen LogP contribution is 2.40. The normalized spacial score (nSPS) is 18.8. The molecule has 1 atom stereocenters. The summed E-state index contributed by atoms with van der Waals surface area (Å²) in [5, 5.41) is 3.54. The predicted octanol–water partition coefficient (Wildman–Crippen LogP) is 4.08. The Morgan fingerprint density at radius 1 is 1.33 bits per heavy atom. The third-order valence-electron chi connectivity index (χ3n) is 3.68. The fraction of sp³-hybridized carbons (Fsp3) is 0.786. The summed E-state index contributed by atoms with van der Waals surface area (Å²) in [6, 6.07) is 0.362. The topological polar surface area (TPSA) is 34.1 Å². The molecule has 1 N–H and O–H groups in total. The molecule has 1 aromatic rings. The lowest BCUT2D eigenvalue weighted by molar-refractivity contribution is -0.141. The molecule has 1 saturated carbocycles. The van der Waals surface area contributed by atoms with E-state index < -0.39 is 17.5 Å². The third-order valence-corrected chi connectivity index (χ3v) is 4.98. The average molecular weight is 322 g/mol. The molecule has 1 heterocycles. The summed E-state index contributed by atoms with van der Waals surface area (Å²) >= 11 is 1.11. The minimum absolute atomic E-state index is 0.225. The van der Waals surface area contributed by atoms with E-state index in [2.05, 4.69) is 10.3 Å². The van der Waals surface area contributed by atoms with E-state index in [9.17, 15) is 13.2 Å². The minimum Gasteiger partial charge on any atom is -0.368 e. The zero-order valence-corrected chi connectivity index (χ0v) is 13.3. The molecule has 0 bridgehead atoms. The fourth-order valence-corrected chi connectivity index (χ4v) is 3.28. The summed E-state index contributed by atoms with van der Waals surface area (Å²) in [5.74, 6) is 0. The first-order valence-corrected chi connectivity index (χ1v) is 8.06. The van der Waals surface area contributed by atoms with Gasteiger partial charge in [0.2, 0.25) is 0 Å². The van der Waals surface area contributed by atoms with Gasteiger partial charge in [0.05, 0.1) is 4.88 Å². The van der Waals surface area contributed by atoms with Crippen LogP contribution in [0, 0.1) is 0 Å². The van der Waals surface area contributed by atoms with Crippen LogP contribution in [0.2, 0.25) is 0 Å².